The van der Waals surface area contributed by atoms with Gasteiger partial charge in [0, 0.05) is 0 Å². The van der Waals surface area contributed by atoms with E-state index in [9.17, 15) is 0 Å². The van der Waals surface area contributed by atoms with Crippen LogP contribution in [0.1, 0.15) is 59.8 Å². The van der Waals surface area contributed by atoms with Gasteiger partial charge in [0.05, 0.1) is 0 Å². The fraction of sp³-hybridized carbons (Fsp3) is 0.600. The summed E-state index contributed by atoms with van der Waals surface area (Å²) in [6.07, 6.45) is 15.1. The van der Waals surface area contributed by atoms with E-state index in [1.807, 2.05) is 0 Å². The first kappa shape index (κ1) is 14.2. The molecule has 0 amide bonds. The molecule has 0 saturated heterocycles. The van der Waals surface area contributed by atoms with Crippen molar-refractivity contribution in [3.05, 3.63) is 35.5 Å². The van der Waals surface area contributed by atoms with Gasteiger partial charge in [-0.15, -0.1) is 0 Å². The van der Waals surface area contributed by atoms with Crippen molar-refractivity contribution in [1.29, 1.82) is 0 Å². The van der Waals surface area contributed by atoms with Crippen molar-refractivity contribution in [2.45, 2.75) is 59.8 Å². The summed E-state index contributed by atoms with van der Waals surface area (Å²) >= 11 is 0. The SMILES string of the molecule is CC=CCCC(C)=CCCC=C(C)CC. The number of hydrogen-bond donors (Lipinski definition) is 0. The van der Waals surface area contributed by atoms with Crippen LogP contribution in [-0.4, -0.2) is 0 Å². The minimum Gasteiger partial charge on any atom is -0.0917 e. The van der Waals surface area contributed by atoms with Gasteiger partial charge in [-0.05, 0) is 52.9 Å². The fourth-order valence-electron chi connectivity index (χ4n) is 1.38. The van der Waals surface area contributed by atoms with E-state index in [2.05, 4.69) is 52.0 Å². The Balaban J connectivity index is 3.67. The molecule has 86 valence electrons. The second-order valence-electron chi connectivity index (χ2n) is 4.14. The highest BCUT2D eigenvalue weighted by Gasteiger charge is 1.88. The average molecular weight is 206 g/mol. The molecule has 0 nitrogen and oxygen atoms in total. The molecule has 0 atom stereocenters. The Labute approximate surface area is 95.8 Å². The average Bonchev–Trinajstić information content (AvgIpc) is 2.24. The van der Waals surface area contributed by atoms with Crippen LogP contribution in [0, 0.1) is 0 Å². The molecule has 0 fully saturated rings. The van der Waals surface area contributed by atoms with Gasteiger partial charge in [0.25, 0.3) is 0 Å². The normalized spacial score (nSPS) is 13.9. The lowest BCUT2D eigenvalue weighted by Gasteiger charge is -1.98. The van der Waals surface area contributed by atoms with Gasteiger partial charge in [0.1, 0.15) is 0 Å². The molecule has 0 radical (unpaired) electrons. The lowest BCUT2D eigenvalue weighted by Crippen LogP contribution is -1.77. The zero-order valence-corrected chi connectivity index (χ0v) is 10.8. The van der Waals surface area contributed by atoms with Crippen LogP contribution in [0.2, 0.25) is 0 Å². The first-order valence-electron chi connectivity index (χ1n) is 6.13. The molecule has 0 spiro atoms. The van der Waals surface area contributed by atoms with Crippen molar-refractivity contribution in [2.24, 2.45) is 0 Å². The maximum atomic E-state index is 2.38. The third kappa shape index (κ3) is 9.52. The summed E-state index contributed by atoms with van der Waals surface area (Å²) in [6, 6.07) is 0. The van der Waals surface area contributed by atoms with Crippen molar-refractivity contribution in [3.63, 3.8) is 0 Å². The van der Waals surface area contributed by atoms with Crippen molar-refractivity contribution in [2.75, 3.05) is 0 Å². The van der Waals surface area contributed by atoms with E-state index in [-0.39, 0.29) is 0 Å². The summed E-state index contributed by atoms with van der Waals surface area (Å²) in [5, 5.41) is 0. The topological polar surface area (TPSA) is 0 Å². The van der Waals surface area contributed by atoms with Crippen molar-refractivity contribution < 1.29 is 0 Å². The van der Waals surface area contributed by atoms with E-state index in [0.717, 1.165) is 0 Å². The monoisotopic (exact) mass is 206 g/mol. The molecule has 0 saturated carbocycles. The standard InChI is InChI=1S/C15H26/c1-5-7-8-12-15(4)13-10-9-11-14(3)6-2/h5,7,11,13H,6,8-10,12H2,1-4H3. The summed E-state index contributed by atoms with van der Waals surface area (Å²) in [4.78, 5) is 0. The third-order valence-corrected chi connectivity index (χ3v) is 2.65. The van der Waals surface area contributed by atoms with E-state index in [1.165, 1.54) is 43.3 Å². The summed E-state index contributed by atoms with van der Waals surface area (Å²) in [5.41, 5.74) is 3.03. The van der Waals surface area contributed by atoms with E-state index in [4.69, 9.17) is 0 Å². The molecular weight excluding hydrogens is 180 g/mol. The van der Waals surface area contributed by atoms with E-state index < -0.39 is 0 Å². The molecule has 0 aromatic rings. The van der Waals surface area contributed by atoms with Crippen LogP contribution < -0.4 is 0 Å². The van der Waals surface area contributed by atoms with Gasteiger partial charge in [-0.3, -0.25) is 0 Å². The number of rotatable bonds is 7. The Morgan fingerprint density at radius 3 is 2.07 bits per heavy atom. The lowest BCUT2D eigenvalue weighted by molar-refractivity contribution is 0.934. The summed E-state index contributed by atoms with van der Waals surface area (Å²) < 4.78 is 0. The first-order valence-corrected chi connectivity index (χ1v) is 6.13. The van der Waals surface area contributed by atoms with Gasteiger partial charge in [-0.1, -0.05) is 42.4 Å². The maximum absolute atomic E-state index is 2.38. The Hall–Kier alpha value is -0.780. The highest BCUT2D eigenvalue weighted by Crippen LogP contribution is 2.08. The predicted octanol–water partition coefficient (Wildman–Crippen LogP) is 5.43. The zero-order valence-electron chi connectivity index (χ0n) is 10.8. The molecule has 0 N–H and O–H groups in total. The van der Waals surface area contributed by atoms with Crippen LogP contribution in [0.25, 0.3) is 0 Å². The van der Waals surface area contributed by atoms with E-state index in [0.29, 0.717) is 0 Å². The molecule has 0 aliphatic carbocycles. The molecule has 0 aliphatic heterocycles. The molecular formula is C15H26. The minimum atomic E-state index is 1.18. The van der Waals surface area contributed by atoms with Gasteiger partial charge in [-0.2, -0.15) is 0 Å². The molecule has 15 heavy (non-hydrogen) atoms. The van der Waals surface area contributed by atoms with Crippen LogP contribution in [0.15, 0.2) is 35.5 Å². The molecule has 0 rings (SSSR count). The quantitative estimate of drug-likeness (QED) is 0.385. The Morgan fingerprint density at radius 2 is 1.53 bits per heavy atom. The largest absolute Gasteiger partial charge is 0.0917 e. The summed E-state index contributed by atoms with van der Waals surface area (Å²) in [7, 11) is 0. The lowest BCUT2D eigenvalue weighted by atomic mass is 10.1. The molecule has 0 aromatic carbocycles. The predicted molar refractivity (Wildman–Crippen MR) is 71.1 cm³/mol. The summed E-state index contributed by atoms with van der Waals surface area (Å²) in [6.45, 7) is 8.74. The molecule has 0 bridgehead atoms. The first-order chi connectivity index (χ1) is 7.20. The van der Waals surface area contributed by atoms with Crippen LogP contribution in [0.3, 0.4) is 0 Å². The zero-order chi connectivity index (χ0) is 11.5. The van der Waals surface area contributed by atoms with Gasteiger partial charge >= 0.3 is 0 Å². The number of unbranched alkanes of at least 4 members (excludes halogenated alkanes) is 1. The van der Waals surface area contributed by atoms with Crippen LogP contribution >= 0.6 is 0 Å². The Morgan fingerprint density at radius 1 is 0.933 bits per heavy atom. The minimum absolute atomic E-state index is 1.18. The number of allylic oxidation sites excluding steroid dienone is 6. The number of hydrogen-bond acceptors (Lipinski definition) is 0. The van der Waals surface area contributed by atoms with Crippen molar-refractivity contribution in [3.8, 4) is 0 Å². The summed E-state index contributed by atoms with van der Waals surface area (Å²) in [5.74, 6) is 0. The fourth-order valence-corrected chi connectivity index (χ4v) is 1.38. The van der Waals surface area contributed by atoms with Crippen LogP contribution in [0.4, 0.5) is 0 Å². The highest BCUT2D eigenvalue weighted by atomic mass is 13.9. The van der Waals surface area contributed by atoms with Crippen LogP contribution in [-0.2, 0) is 0 Å². The molecule has 0 heteroatoms. The third-order valence-electron chi connectivity index (χ3n) is 2.65. The van der Waals surface area contributed by atoms with Gasteiger partial charge in [0.15, 0.2) is 0 Å². The molecule has 0 aromatic heterocycles. The van der Waals surface area contributed by atoms with E-state index in [1.54, 1.807) is 0 Å². The molecule has 0 unspecified atom stereocenters. The second-order valence-corrected chi connectivity index (χ2v) is 4.14. The maximum Gasteiger partial charge on any atom is -0.0288 e. The Kier molecular flexibility index (Phi) is 9.26. The van der Waals surface area contributed by atoms with Gasteiger partial charge in [0.2, 0.25) is 0 Å². The van der Waals surface area contributed by atoms with Gasteiger partial charge < -0.3 is 0 Å². The second kappa shape index (κ2) is 9.76. The highest BCUT2D eigenvalue weighted by molar-refractivity contribution is 5.02. The Bertz CT molecular complexity index is 228. The van der Waals surface area contributed by atoms with Crippen LogP contribution in [0.5, 0.6) is 0 Å². The smallest absolute Gasteiger partial charge is 0.0288 e. The molecule has 0 heterocycles. The van der Waals surface area contributed by atoms with E-state index >= 15 is 0 Å². The van der Waals surface area contributed by atoms with Gasteiger partial charge in [-0.25, -0.2) is 0 Å². The van der Waals surface area contributed by atoms with Crippen molar-refractivity contribution >= 4 is 0 Å². The molecule has 0 aliphatic rings. The van der Waals surface area contributed by atoms with Crippen molar-refractivity contribution in [1.82, 2.24) is 0 Å².